The first kappa shape index (κ1) is 16.6. The summed E-state index contributed by atoms with van der Waals surface area (Å²) in [4.78, 5) is 13.1. The highest BCUT2D eigenvalue weighted by Crippen LogP contribution is 2.28. The van der Waals surface area contributed by atoms with Crippen molar-refractivity contribution in [3.63, 3.8) is 0 Å². The highest BCUT2D eigenvalue weighted by Gasteiger charge is 2.43. The van der Waals surface area contributed by atoms with Crippen molar-refractivity contribution >= 4 is 5.97 Å². The Morgan fingerprint density at radius 1 is 1.72 bits per heavy atom. The predicted molar refractivity (Wildman–Crippen MR) is 56.1 cm³/mol. The molecule has 1 fully saturated rings. The summed E-state index contributed by atoms with van der Waals surface area (Å²) in [7, 11) is 0. The van der Waals surface area contributed by atoms with Crippen molar-refractivity contribution in [2.24, 2.45) is 5.11 Å². The summed E-state index contributed by atoms with van der Waals surface area (Å²) in [5.74, 6) is -4.53. The maximum absolute atomic E-state index is 10.6. The lowest BCUT2D eigenvalue weighted by atomic mass is 9.95. The predicted octanol–water partition coefficient (Wildman–Crippen LogP) is -1.99. The third-order valence-electron chi connectivity index (χ3n) is 2.44. The van der Waals surface area contributed by atoms with Gasteiger partial charge < -0.3 is 36.1 Å². The summed E-state index contributed by atoms with van der Waals surface area (Å²) in [6.07, 6.45) is -4.23. The molecule has 104 valence electrons. The SMILES string of the molecule is [N-]=[N+]=NC[C@@H](O)[C@@H]1C[C@@H](O)C[C@](O)(C(=O)[O-])O1.[NH4+]. The highest BCUT2D eigenvalue weighted by molar-refractivity contribution is 5.73. The molecule has 1 saturated heterocycles. The van der Waals surface area contributed by atoms with E-state index < -0.39 is 36.5 Å². The normalized spacial score (nSPS) is 32.8. The van der Waals surface area contributed by atoms with Crippen LogP contribution in [0.15, 0.2) is 5.11 Å². The maximum atomic E-state index is 10.6. The average molecular weight is 264 g/mol. The second-order valence-electron chi connectivity index (χ2n) is 3.80. The van der Waals surface area contributed by atoms with E-state index in [9.17, 15) is 25.2 Å². The lowest BCUT2D eigenvalue weighted by Gasteiger charge is -2.41. The molecule has 4 atom stereocenters. The zero-order chi connectivity index (χ0) is 13.1. The lowest BCUT2D eigenvalue weighted by Crippen LogP contribution is -2.59. The largest absolute Gasteiger partial charge is 0.544 e. The Morgan fingerprint density at radius 2 is 2.33 bits per heavy atom. The highest BCUT2D eigenvalue weighted by atomic mass is 16.7. The van der Waals surface area contributed by atoms with Gasteiger partial charge in [-0.3, -0.25) is 0 Å². The number of carbonyl (C=O) groups excluding carboxylic acids is 1. The van der Waals surface area contributed by atoms with Crippen LogP contribution in [0.5, 0.6) is 0 Å². The molecule has 10 nitrogen and oxygen atoms in total. The Balaban J connectivity index is 0.00000289. The Kier molecular flexibility index (Phi) is 5.98. The van der Waals surface area contributed by atoms with Gasteiger partial charge in [-0.1, -0.05) is 5.11 Å². The molecule has 0 radical (unpaired) electrons. The van der Waals surface area contributed by atoms with Gasteiger partial charge in [0.05, 0.1) is 24.9 Å². The van der Waals surface area contributed by atoms with E-state index in [1.165, 1.54) is 0 Å². The van der Waals surface area contributed by atoms with Crippen LogP contribution in [0.25, 0.3) is 10.4 Å². The molecule has 0 saturated carbocycles. The van der Waals surface area contributed by atoms with Gasteiger partial charge in [0.15, 0.2) is 0 Å². The van der Waals surface area contributed by atoms with Gasteiger partial charge in [-0.25, -0.2) is 0 Å². The molecule has 0 amide bonds. The van der Waals surface area contributed by atoms with E-state index in [2.05, 4.69) is 10.0 Å². The van der Waals surface area contributed by atoms with E-state index in [1.807, 2.05) is 0 Å². The fraction of sp³-hybridized carbons (Fsp3) is 0.875. The Hall–Kier alpha value is -1.42. The summed E-state index contributed by atoms with van der Waals surface area (Å²) in [6, 6.07) is 0. The number of aliphatic hydroxyl groups excluding tert-OH is 2. The zero-order valence-electron chi connectivity index (χ0n) is 9.76. The van der Waals surface area contributed by atoms with Crippen molar-refractivity contribution < 1.29 is 30.0 Å². The smallest absolute Gasteiger partial charge is 0.209 e. The monoisotopic (exact) mass is 264 g/mol. The molecule has 7 N–H and O–H groups in total. The molecule has 0 spiro atoms. The fourth-order valence-corrected chi connectivity index (χ4v) is 1.62. The van der Waals surface area contributed by atoms with Crippen LogP contribution in [-0.4, -0.2) is 51.9 Å². The second-order valence-corrected chi connectivity index (χ2v) is 3.80. The molecule has 0 unspecified atom stereocenters. The summed E-state index contributed by atoms with van der Waals surface area (Å²) in [6.45, 7) is -0.350. The molecule has 18 heavy (non-hydrogen) atoms. The van der Waals surface area contributed by atoms with Crippen LogP contribution >= 0.6 is 0 Å². The minimum atomic E-state index is -2.64. The molecule has 0 aromatic rings. The molecule has 0 aromatic heterocycles. The molecule has 10 heteroatoms. The summed E-state index contributed by atoms with van der Waals surface area (Å²) in [5.41, 5.74) is 8.06. The van der Waals surface area contributed by atoms with Crippen molar-refractivity contribution in [1.82, 2.24) is 6.15 Å². The van der Waals surface area contributed by atoms with Crippen LogP contribution in [0.3, 0.4) is 0 Å². The van der Waals surface area contributed by atoms with Gasteiger partial charge in [0, 0.05) is 17.8 Å². The number of carboxylic acid groups (broad SMARTS) is 1. The number of carboxylic acids is 1. The van der Waals surface area contributed by atoms with Gasteiger partial charge in [0.1, 0.15) is 5.97 Å². The quantitative estimate of drug-likeness (QED) is 0.257. The van der Waals surface area contributed by atoms with E-state index in [0.717, 1.165) is 0 Å². The molecule has 1 rings (SSSR count). The average Bonchev–Trinajstić information content (AvgIpc) is 2.24. The number of carbonyl (C=O) groups is 1. The van der Waals surface area contributed by atoms with E-state index in [-0.39, 0.29) is 19.1 Å². The number of nitrogens with zero attached hydrogens (tertiary/aromatic N) is 3. The van der Waals surface area contributed by atoms with Gasteiger partial charge in [-0.05, 0) is 5.53 Å². The molecule has 1 aliphatic heterocycles. The van der Waals surface area contributed by atoms with Gasteiger partial charge >= 0.3 is 0 Å². The standard InChI is InChI=1S/C8H13N3O6.H3N/c9-11-10-3-5(13)6-1-4(12)2-8(16,17-6)7(14)15;/h4-6,12-13,16H,1-3H2,(H,14,15);1H3/t4-,5-,6+,8-;/m1./s1. The minimum absolute atomic E-state index is 0. The molecule has 0 aliphatic carbocycles. The topological polar surface area (TPSA) is 195 Å². The van der Waals surface area contributed by atoms with Crippen molar-refractivity contribution in [2.75, 3.05) is 6.54 Å². The van der Waals surface area contributed by atoms with E-state index in [1.54, 1.807) is 0 Å². The molecule has 1 heterocycles. The Bertz CT molecular complexity index is 346. The number of quaternary nitrogens is 1. The summed E-state index contributed by atoms with van der Waals surface area (Å²) in [5, 5.41) is 42.1. The molecule has 1 aliphatic rings. The van der Waals surface area contributed by atoms with Crippen LogP contribution in [0.2, 0.25) is 0 Å². The van der Waals surface area contributed by atoms with Crippen LogP contribution in [0.1, 0.15) is 12.8 Å². The minimum Gasteiger partial charge on any atom is -0.544 e. The van der Waals surface area contributed by atoms with Crippen molar-refractivity contribution in [3.8, 4) is 0 Å². The number of rotatable bonds is 4. The van der Waals surface area contributed by atoms with E-state index >= 15 is 0 Å². The van der Waals surface area contributed by atoms with Gasteiger partial charge in [0.25, 0.3) is 0 Å². The third-order valence-corrected chi connectivity index (χ3v) is 2.44. The van der Waals surface area contributed by atoms with Crippen molar-refractivity contribution in [2.45, 2.75) is 36.9 Å². The molecule has 0 bridgehead atoms. The molecular weight excluding hydrogens is 248 g/mol. The van der Waals surface area contributed by atoms with Crippen LogP contribution in [0.4, 0.5) is 0 Å². The van der Waals surface area contributed by atoms with Crippen molar-refractivity contribution in [1.29, 1.82) is 0 Å². The second kappa shape index (κ2) is 6.50. The van der Waals surface area contributed by atoms with E-state index in [0.29, 0.717) is 0 Å². The van der Waals surface area contributed by atoms with Gasteiger partial charge in [-0.15, -0.1) is 0 Å². The number of azide groups is 1. The number of aliphatic carboxylic acids is 1. The zero-order valence-corrected chi connectivity index (χ0v) is 9.76. The number of hydrogen-bond acceptors (Lipinski definition) is 7. The van der Waals surface area contributed by atoms with Crippen LogP contribution in [0, 0.1) is 0 Å². The number of hydrogen-bond donors (Lipinski definition) is 4. The Labute approximate surface area is 102 Å². The van der Waals surface area contributed by atoms with Crippen LogP contribution in [-0.2, 0) is 9.53 Å². The molecule has 0 aromatic carbocycles. The Morgan fingerprint density at radius 3 is 2.83 bits per heavy atom. The first-order chi connectivity index (χ1) is 7.89. The summed E-state index contributed by atoms with van der Waals surface area (Å²) >= 11 is 0. The first-order valence-corrected chi connectivity index (χ1v) is 4.87. The van der Waals surface area contributed by atoms with Crippen LogP contribution < -0.4 is 11.3 Å². The van der Waals surface area contributed by atoms with E-state index in [4.69, 9.17) is 10.3 Å². The lowest BCUT2D eigenvalue weighted by molar-refractivity contribution is -0.370. The molecular formula is C8H16N4O6. The van der Waals surface area contributed by atoms with Gasteiger partial charge in [0.2, 0.25) is 5.79 Å². The third kappa shape index (κ3) is 3.81. The maximum Gasteiger partial charge on any atom is 0.209 e. The van der Waals surface area contributed by atoms with Crippen molar-refractivity contribution in [3.05, 3.63) is 10.4 Å². The fourth-order valence-electron chi connectivity index (χ4n) is 1.62. The van der Waals surface area contributed by atoms with Gasteiger partial charge in [-0.2, -0.15) is 0 Å². The number of aliphatic hydroxyl groups is 3. The summed E-state index contributed by atoms with van der Waals surface area (Å²) < 4.78 is 4.76. The first-order valence-electron chi connectivity index (χ1n) is 4.87. The number of ether oxygens (including phenoxy) is 1.